The molecule has 0 aromatic heterocycles. The second kappa shape index (κ2) is 16.3. The van der Waals surface area contributed by atoms with Gasteiger partial charge >= 0.3 is 24.4 Å². The first-order valence-corrected chi connectivity index (χ1v) is 12.5. The first-order valence-electron chi connectivity index (χ1n) is 12.5. The minimum Gasteiger partial charge on any atom is -0.458 e. The van der Waals surface area contributed by atoms with Crippen LogP contribution in [0, 0.1) is 0 Å². The minimum absolute atomic E-state index is 0.00380. The van der Waals surface area contributed by atoms with Crippen molar-refractivity contribution in [1.82, 2.24) is 0 Å². The molecular weight excluding hydrogens is 502 g/mol. The van der Waals surface area contributed by atoms with Crippen molar-refractivity contribution >= 4 is 24.4 Å². The number of hydrogen-bond acceptors (Lipinski definition) is 12. The SMILES string of the molecule is CCC(C)OC(=O)Oc1cc(C[C@H](N)C(=O)OC(C)COC(=O)OC(C)C)ccc1OC(=O)O[C@@H](C)CC. The van der Waals surface area contributed by atoms with Crippen LogP contribution in [0.15, 0.2) is 18.2 Å². The van der Waals surface area contributed by atoms with E-state index in [0.29, 0.717) is 18.4 Å². The molecule has 1 aromatic rings. The standard InChI is InChI=1S/C26H39NO11/c1-8-16(5)35-25(30)37-21-11-10-19(13-22(21)38-26(31)36-17(6)9-2)12-20(27)23(28)34-18(7)14-32-24(29)33-15(3)4/h10-11,13,15-18,20H,8-9,12,14,27H2,1-7H3/t16-,17?,18?,20-/m0/s1. The van der Waals surface area contributed by atoms with Gasteiger partial charge in [0, 0.05) is 0 Å². The molecule has 2 unspecified atom stereocenters. The van der Waals surface area contributed by atoms with Crippen molar-refractivity contribution in [2.24, 2.45) is 5.73 Å². The van der Waals surface area contributed by atoms with Crippen molar-refractivity contribution in [3.05, 3.63) is 23.8 Å². The van der Waals surface area contributed by atoms with Gasteiger partial charge in [-0.05, 0) is 71.6 Å². The molecule has 0 aliphatic heterocycles. The maximum atomic E-state index is 12.4. The Kier molecular flexibility index (Phi) is 14.0. The average Bonchev–Trinajstić information content (AvgIpc) is 2.83. The molecule has 0 saturated heterocycles. The largest absolute Gasteiger partial charge is 0.514 e. The fourth-order valence-electron chi connectivity index (χ4n) is 2.64. The van der Waals surface area contributed by atoms with Gasteiger partial charge in [-0.2, -0.15) is 0 Å². The van der Waals surface area contributed by atoms with Crippen LogP contribution >= 0.6 is 0 Å². The van der Waals surface area contributed by atoms with E-state index < -0.39 is 42.7 Å². The van der Waals surface area contributed by atoms with E-state index in [2.05, 4.69) is 0 Å². The molecule has 214 valence electrons. The van der Waals surface area contributed by atoms with Crippen LogP contribution in [0.1, 0.15) is 66.9 Å². The van der Waals surface area contributed by atoms with Crippen LogP contribution in [-0.2, 0) is 34.9 Å². The highest BCUT2D eigenvalue weighted by atomic mass is 16.8. The Bertz CT molecular complexity index is 934. The second-order valence-corrected chi connectivity index (χ2v) is 8.94. The van der Waals surface area contributed by atoms with Gasteiger partial charge in [0.2, 0.25) is 0 Å². The molecule has 1 aromatic carbocycles. The highest BCUT2D eigenvalue weighted by Gasteiger charge is 2.23. The lowest BCUT2D eigenvalue weighted by Crippen LogP contribution is -2.37. The van der Waals surface area contributed by atoms with E-state index in [1.807, 2.05) is 13.8 Å². The quantitative estimate of drug-likeness (QED) is 0.209. The third-order valence-electron chi connectivity index (χ3n) is 4.98. The van der Waals surface area contributed by atoms with E-state index in [1.165, 1.54) is 19.1 Å². The molecule has 0 radical (unpaired) electrons. The molecule has 1 rings (SSSR count). The third kappa shape index (κ3) is 12.6. The number of benzene rings is 1. The Morgan fingerprint density at radius 2 is 1.29 bits per heavy atom. The van der Waals surface area contributed by atoms with Crippen molar-refractivity contribution < 1.29 is 52.3 Å². The molecule has 0 aliphatic carbocycles. The number of esters is 1. The van der Waals surface area contributed by atoms with Gasteiger partial charge < -0.3 is 38.9 Å². The molecule has 12 heteroatoms. The molecule has 2 N–H and O–H groups in total. The maximum Gasteiger partial charge on any atom is 0.514 e. The molecule has 0 aliphatic rings. The molecule has 0 heterocycles. The number of carbonyl (C=O) groups excluding carboxylic acids is 4. The lowest BCUT2D eigenvalue weighted by atomic mass is 10.1. The number of carbonyl (C=O) groups is 4. The maximum absolute atomic E-state index is 12.4. The van der Waals surface area contributed by atoms with Crippen LogP contribution in [0.25, 0.3) is 0 Å². The zero-order valence-corrected chi connectivity index (χ0v) is 23.0. The van der Waals surface area contributed by atoms with Crippen LogP contribution < -0.4 is 15.2 Å². The van der Waals surface area contributed by atoms with Crippen molar-refractivity contribution in [2.45, 2.75) is 98.2 Å². The van der Waals surface area contributed by atoms with Gasteiger partial charge in [-0.3, -0.25) is 4.79 Å². The van der Waals surface area contributed by atoms with E-state index in [9.17, 15) is 19.2 Å². The van der Waals surface area contributed by atoms with Crippen LogP contribution in [0.5, 0.6) is 11.5 Å². The van der Waals surface area contributed by atoms with Crippen LogP contribution in [0.3, 0.4) is 0 Å². The van der Waals surface area contributed by atoms with Crippen LogP contribution in [0.4, 0.5) is 14.4 Å². The smallest absolute Gasteiger partial charge is 0.458 e. The molecule has 4 atom stereocenters. The summed E-state index contributed by atoms with van der Waals surface area (Å²) in [7, 11) is 0. The molecule has 0 amide bonds. The molecule has 0 saturated carbocycles. The van der Waals surface area contributed by atoms with Crippen molar-refractivity contribution in [1.29, 1.82) is 0 Å². The highest BCUT2D eigenvalue weighted by molar-refractivity contribution is 5.76. The molecule has 0 spiro atoms. The predicted molar refractivity (Wildman–Crippen MR) is 135 cm³/mol. The lowest BCUT2D eigenvalue weighted by molar-refractivity contribution is -0.152. The molecular formula is C26H39NO11. The van der Waals surface area contributed by atoms with Gasteiger partial charge in [0.05, 0.1) is 6.10 Å². The minimum atomic E-state index is -1.10. The third-order valence-corrected chi connectivity index (χ3v) is 4.98. The second-order valence-electron chi connectivity index (χ2n) is 8.94. The van der Waals surface area contributed by atoms with Gasteiger partial charge in [-0.15, -0.1) is 0 Å². The Balaban J connectivity index is 2.90. The Labute approximate surface area is 223 Å². The van der Waals surface area contributed by atoms with E-state index in [1.54, 1.807) is 33.8 Å². The van der Waals surface area contributed by atoms with Crippen LogP contribution in [-0.4, -0.2) is 61.5 Å². The monoisotopic (exact) mass is 541 g/mol. The lowest BCUT2D eigenvalue weighted by Gasteiger charge is -2.18. The number of ether oxygens (including phenoxy) is 7. The zero-order chi connectivity index (χ0) is 28.8. The van der Waals surface area contributed by atoms with E-state index in [4.69, 9.17) is 38.9 Å². The summed E-state index contributed by atoms with van der Waals surface area (Å²) >= 11 is 0. The Morgan fingerprint density at radius 1 is 0.737 bits per heavy atom. The highest BCUT2D eigenvalue weighted by Crippen LogP contribution is 2.30. The predicted octanol–water partition coefficient (Wildman–Crippen LogP) is 4.68. The number of nitrogens with two attached hydrogens (primary N) is 1. The Hall–Kier alpha value is -3.54. The van der Waals surface area contributed by atoms with Gasteiger partial charge in [0.25, 0.3) is 0 Å². The number of hydrogen-bond donors (Lipinski definition) is 1. The zero-order valence-electron chi connectivity index (χ0n) is 23.0. The summed E-state index contributed by atoms with van der Waals surface area (Å²) in [5, 5.41) is 0. The summed E-state index contributed by atoms with van der Waals surface area (Å²) in [5.74, 6) is -0.948. The topological polar surface area (TPSA) is 159 Å². The first kappa shape index (κ1) is 32.5. The molecule has 12 nitrogen and oxygen atoms in total. The van der Waals surface area contributed by atoms with Gasteiger partial charge in [0.1, 0.15) is 31.0 Å². The number of rotatable bonds is 13. The Morgan fingerprint density at radius 3 is 1.82 bits per heavy atom. The summed E-state index contributed by atoms with van der Waals surface area (Å²) in [5.41, 5.74) is 6.48. The van der Waals surface area contributed by atoms with Gasteiger partial charge in [-0.25, -0.2) is 14.4 Å². The summed E-state index contributed by atoms with van der Waals surface area (Å²) < 4.78 is 35.7. The van der Waals surface area contributed by atoms with Crippen LogP contribution in [0.2, 0.25) is 0 Å². The molecule has 0 bridgehead atoms. The summed E-state index contributed by atoms with van der Waals surface area (Å²) in [6.07, 6.45) is -3.58. The van der Waals surface area contributed by atoms with Gasteiger partial charge in [-0.1, -0.05) is 19.9 Å². The first-order chi connectivity index (χ1) is 17.8. The van der Waals surface area contributed by atoms with Crippen molar-refractivity contribution in [2.75, 3.05) is 6.61 Å². The fourth-order valence-corrected chi connectivity index (χ4v) is 2.64. The molecule has 0 fully saturated rings. The van der Waals surface area contributed by atoms with E-state index >= 15 is 0 Å². The van der Waals surface area contributed by atoms with E-state index in [0.717, 1.165) is 0 Å². The van der Waals surface area contributed by atoms with Crippen molar-refractivity contribution in [3.8, 4) is 11.5 Å². The molecule has 38 heavy (non-hydrogen) atoms. The van der Waals surface area contributed by atoms with E-state index in [-0.39, 0.29) is 36.7 Å². The normalized spacial score (nSPS) is 13.9. The summed E-state index contributed by atoms with van der Waals surface area (Å²) in [6.45, 7) is 11.8. The summed E-state index contributed by atoms with van der Waals surface area (Å²) in [4.78, 5) is 48.2. The average molecular weight is 542 g/mol. The fraction of sp³-hybridized carbons (Fsp3) is 0.615. The van der Waals surface area contributed by atoms with Crippen molar-refractivity contribution in [3.63, 3.8) is 0 Å². The van der Waals surface area contributed by atoms with Gasteiger partial charge in [0.15, 0.2) is 11.5 Å². The summed E-state index contributed by atoms with van der Waals surface area (Å²) in [6, 6.07) is 3.22.